The first-order chi connectivity index (χ1) is 16.1. The topological polar surface area (TPSA) is 122 Å². The Bertz CT molecular complexity index is 1350. The lowest BCUT2D eigenvalue weighted by molar-refractivity contribution is -0.384. The minimum atomic E-state index is -4.05. The number of nitro benzene ring substituents is 1. The van der Waals surface area contributed by atoms with Crippen LogP contribution >= 0.6 is 0 Å². The molecule has 0 aliphatic carbocycles. The van der Waals surface area contributed by atoms with Gasteiger partial charge in [-0.2, -0.15) is 5.10 Å². The Kier molecular flexibility index (Phi) is 7.42. The number of hydrogen-bond donors (Lipinski definition) is 1. The monoisotopic (exact) mass is 480 g/mol. The molecule has 34 heavy (non-hydrogen) atoms. The Balaban J connectivity index is 1.87. The van der Waals surface area contributed by atoms with Crippen molar-refractivity contribution < 1.29 is 18.1 Å². The van der Waals surface area contributed by atoms with Gasteiger partial charge in [-0.05, 0) is 50.1 Å². The predicted molar refractivity (Wildman–Crippen MR) is 130 cm³/mol. The zero-order valence-corrected chi connectivity index (χ0v) is 19.7. The summed E-state index contributed by atoms with van der Waals surface area (Å²) >= 11 is 0. The van der Waals surface area contributed by atoms with Crippen molar-refractivity contribution in [2.45, 2.75) is 25.7 Å². The van der Waals surface area contributed by atoms with Gasteiger partial charge in [-0.25, -0.2) is 13.8 Å². The molecule has 0 spiro atoms. The summed E-state index contributed by atoms with van der Waals surface area (Å²) in [6.07, 6.45) is 1.25. The van der Waals surface area contributed by atoms with Crippen LogP contribution in [0.3, 0.4) is 0 Å². The Morgan fingerprint density at radius 3 is 2.38 bits per heavy atom. The van der Waals surface area contributed by atoms with Gasteiger partial charge in [-0.3, -0.25) is 19.2 Å². The molecule has 0 fully saturated rings. The molecule has 0 radical (unpaired) electrons. The zero-order valence-electron chi connectivity index (χ0n) is 18.9. The second-order valence-corrected chi connectivity index (χ2v) is 9.62. The third kappa shape index (κ3) is 5.84. The van der Waals surface area contributed by atoms with E-state index in [4.69, 9.17) is 0 Å². The number of hydrazone groups is 1. The van der Waals surface area contributed by atoms with Crippen LogP contribution in [-0.2, 0) is 14.8 Å². The number of non-ortho nitro benzene ring substituents is 1. The van der Waals surface area contributed by atoms with Crippen LogP contribution in [0.4, 0.5) is 11.4 Å². The van der Waals surface area contributed by atoms with Crippen molar-refractivity contribution in [3.05, 3.63) is 99.1 Å². The Labute approximate surface area is 197 Å². The van der Waals surface area contributed by atoms with E-state index < -0.39 is 27.4 Å². The van der Waals surface area contributed by atoms with Gasteiger partial charge in [0.1, 0.15) is 6.54 Å². The molecule has 0 bridgehead atoms. The Morgan fingerprint density at radius 2 is 1.71 bits per heavy atom. The van der Waals surface area contributed by atoms with E-state index in [1.165, 1.54) is 36.5 Å². The number of amides is 1. The van der Waals surface area contributed by atoms with E-state index in [2.05, 4.69) is 10.5 Å². The van der Waals surface area contributed by atoms with Crippen LogP contribution in [0.25, 0.3) is 0 Å². The summed E-state index contributed by atoms with van der Waals surface area (Å²) in [4.78, 5) is 23.1. The highest BCUT2D eigenvalue weighted by molar-refractivity contribution is 7.92. The van der Waals surface area contributed by atoms with Gasteiger partial charge in [0.2, 0.25) is 0 Å². The molecule has 3 aromatic rings. The van der Waals surface area contributed by atoms with Crippen molar-refractivity contribution in [1.29, 1.82) is 0 Å². The van der Waals surface area contributed by atoms with Crippen LogP contribution in [0, 0.1) is 30.9 Å². The van der Waals surface area contributed by atoms with E-state index in [9.17, 15) is 23.3 Å². The summed E-state index contributed by atoms with van der Waals surface area (Å²) in [5.74, 6) is -0.668. The molecule has 1 amide bonds. The highest BCUT2D eigenvalue weighted by Crippen LogP contribution is 2.28. The number of carbonyl (C=O) groups is 1. The lowest BCUT2D eigenvalue weighted by atomic mass is 10.1. The van der Waals surface area contributed by atoms with Crippen molar-refractivity contribution >= 4 is 33.5 Å². The largest absolute Gasteiger partial charge is 0.271 e. The molecule has 0 heterocycles. The van der Waals surface area contributed by atoms with Crippen molar-refractivity contribution in [1.82, 2.24) is 5.43 Å². The third-order valence-corrected chi connectivity index (χ3v) is 6.79. The molecule has 0 saturated carbocycles. The highest BCUT2D eigenvalue weighted by Gasteiger charge is 2.28. The van der Waals surface area contributed by atoms with Crippen molar-refractivity contribution in [3.63, 3.8) is 0 Å². The van der Waals surface area contributed by atoms with Crippen LogP contribution in [-0.4, -0.2) is 32.0 Å². The minimum absolute atomic E-state index is 0.0619. The minimum Gasteiger partial charge on any atom is -0.271 e. The molecule has 1 N–H and O–H groups in total. The first-order valence-corrected chi connectivity index (χ1v) is 11.7. The van der Waals surface area contributed by atoms with Gasteiger partial charge in [-0.15, -0.1) is 0 Å². The first kappa shape index (κ1) is 24.6. The lowest BCUT2D eigenvalue weighted by Gasteiger charge is -2.25. The molecule has 0 unspecified atom stereocenters. The summed E-state index contributed by atoms with van der Waals surface area (Å²) in [5, 5.41) is 14.7. The smallest absolute Gasteiger partial charge is 0.270 e. The van der Waals surface area contributed by atoms with Gasteiger partial charge < -0.3 is 0 Å². The standard InChI is InChI=1S/C24H24N4O5S/c1-17-8-11-22(12-9-17)34(32,33)27(23-13-18(2)7-10-19(23)3)16-24(29)26-25-15-20-5-4-6-21(14-20)28(30)31/h4-15H,16H2,1-3H3,(H,26,29)/b25-15-. The quantitative estimate of drug-likeness (QED) is 0.298. The molecule has 9 nitrogen and oxygen atoms in total. The number of nitrogens with zero attached hydrogens (tertiary/aromatic N) is 3. The van der Waals surface area contributed by atoms with Crippen LogP contribution in [0.5, 0.6) is 0 Å². The Hall–Kier alpha value is -4.05. The maximum absolute atomic E-state index is 13.5. The van der Waals surface area contributed by atoms with Crippen LogP contribution in [0.2, 0.25) is 0 Å². The number of aryl methyl sites for hydroxylation is 3. The number of anilines is 1. The van der Waals surface area contributed by atoms with Crippen molar-refractivity contribution in [2.75, 3.05) is 10.8 Å². The molecule has 0 aromatic heterocycles. The summed E-state index contributed by atoms with van der Waals surface area (Å²) in [7, 11) is -4.05. The van der Waals surface area contributed by atoms with E-state index >= 15 is 0 Å². The van der Waals surface area contributed by atoms with Crippen LogP contribution < -0.4 is 9.73 Å². The molecule has 3 rings (SSSR count). The SMILES string of the molecule is Cc1ccc(S(=O)(=O)N(CC(=O)N/N=C\c2cccc([N+](=O)[O-])c2)c2cc(C)ccc2C)cc1. The normalized spacial score (nSPS) is 11.4. The molecule has 176 valence electrons. The summed E-state index contributed by atoms with van der Waals surface area (Å²) in [6.45, 7) is 4.95. The Morgan fingerprint density at radius 1 is 1.03 bits per heavy atom. The predicted octanol–water partition coefficient (Wildman–Crippen LogP) is 3.87. The number of sulfonamides is 1. The highest BCUT2D eigenvalue weighted by atomic mass is 32.2. The fraction of sp³-hybridized carbons (Fsp3) is 0.167. The average Bonchev–Trinajstić information content (AvgIpc) is 2.79. The fourth-order valence-electron chi connectivity index (χ4n) is 3.19. The van der Waals surface area contributed by atoms with Crippen molar-refractivity contribution in [3.8, 4) is 0 Å². The lowest BCUT2D eigenvalue weighted by Crippen LogP contribution is -2.40. The van der Waals surface area contributed by atoms with Gasteiger partial charge in [0.15, 0.2) is 0 Å². The summed E-state index contributed by atoms with van der Waals surface area (Å²) in [6, 6.07) is 17.5. The molecular formula is C24H24N4O5S. The van der Waals surface area contributed by atoms with Crippen LogP contribution in [0.15, 0.2) is 76.7 Å². The van der Waals surface area contributed by atoms with Gasteiger partial charge >= 0.3 is 0 Å². The van der Waals surface area contributed by atoms with Gasteiger partial charge in [-0.1, -0.05) is 42.0 Å². The second-order valence-electron chi connectivity index (χ2n) is 7.76. The molecule has 0 saturated heterocycles. The van der Waals surface area contributed by atoms with Crippen LogP contribution in [0.1, 0.15) is 22.3 Å². The van der Waals surface area contributed by atoms with E-state index in [-0.39, 0.29) is 10.6 Å². The second kappa shape index (κ2) is 10.3. The van der Waals surface area contributed by atoms with E-state index in [0.717, 1.165) is 15.4 Å². The van der Waals surface area contributed by atoms with Crippen molar-refractivity contribution in [2.24, 2.45) is 5.10 Å². The molecule has 10 heteroatoms. The van der Waals surface area contributed by atoms with E-state index in [1.807, 2.05) is 19.9 Å². The summed E-state index contributed by atoms with van der Waals surface area (Å²) < 4.78 is 28.0. The third-order valence-electron chi connectivity index (χ3n) is 5.01. The van der Waals surface area contributed by atoms with Gasteiger partial charge in [0, 0.05) is 17.7 Å². The van der Waals surface area contributed by atoms with Gasteiger partial charge in [0.25, 0.3) is 21.6 Å². The molecular weight excluding hydrogens is 456 g/mol. The zero-order chi connectivity index (χ0) is 24.9. The van der Waals surface area contributed by atoms with E-state index in [0.29, 0.717) is 16.8 Å². The fourth-order valence-corrected chi connectivity index (χ4v) is 4.67. The molecule has 0 aliphatic rings. The number of hydrogen-bond acceptors (Lipinski definition) is 6. The molecule has 0 atom stereocenters. The number of benzene rings is 3. The average molecular weight is 481 g/mol. The number of nitro groups is 1. The van der Waals surface area contributed by atoms with E-state index in [1.54, 1.807) is 37.3 Å². The number of rotatable bonds is 8. The molecule has 3 aromatic carbocycles. The maximum atomic E-state index is 13.5. The number of carbonyl (C=O) groups excluding carboxylic acids is 1. The first-order valence-electron chi connectivity index (χ1n) is 10.3. The van der Waals surface area contributed by atoms with Gasteiger partial charge in [0.05, 0.1) is 21.7 Å². The number of nitrogens with one attached hydrogen (secondary N) is 1. The summed E-state index contributed by atoms with van der Waals surface area (Å²) in [5.41, 5.74) is 5.43. The molecule has 0 aliphatic heterocycles. The maximum Gasteiger partial charge on any atom is 0.270 e.